The summed E-state index contributed by atoms with van der Waals surface area (Å²) in [5.41, 5.74) is 1.51. The topological polar surface area (TPSA) is 93.1 Å². The van der Waals surface area contributed by atoms with Crippen LogP contribution in [0.25, 0.3) is 11.8 Å². The van der Waals surface area contributed by atoms with Crippen molar-refractivity contribution < 1.29 is 29.3 Å². The van der Waals surface area contributed by atoms with Gasteiger partial charge in [0.1, 0.15) is 17.3 Å². The lowest BCUT2D eigenvalue weighted by Crippen LogP contribution is -2.10. The molecule has 1 aliphatic rings. The zero-order chi connectivity index (χ0) is 16.6. The molecule has 0 unspecified atom stereocenters. The van der Waals surface area contributed by atoms with Gasteiger partial charge in [0.2, 0.25) is 0 Å². The smallest absolute Gasteiger partial charge is 0.507 e. The molecular weight excluding hydrogens is 300 g/mol. The van der Waals surface area contributed by atoms with Crippen molar-refractivity contribution in [2.24, 2.45) is 0 Å². The van der Waals surface area contributed by atoms with Crippen molar-refractivity contribution in [1.29, 1.82) is 0 Å². The van der Waals surface area contributed by atoms with Gasteiger partial charge in [-0.05, 0) is 35.9 Å². The predicted molar refractivity (Wildman–Crippen MR) is 81.5 cm³/mol. The third-order valence-corrected chi connectivity index (χ3v) is 3.51. The number of carbonyl (C=O) groups is 2. The highest BCUT2D eigenvalue weighted by Crippen LogP contribution is 2.38. The zero-order valence-electron chi connectivity index (χ0n) is 12.1. The van der Waals surface area contributed by atoms with Crippen molar-refractivity contribution in [3.8, 4) is 11.5 Å². The van der Waals surface area contributed by atoms with Crippen LogP contribution in [0.3, 0.4) is 0 Å². The van der Waals surface area contributed by atoms with Crippen LogP contribution < -0.4 is 4.74 Å². The Morgan fingerprint density at radius 3 is 2.52 bits per heavy atom. The molecule has 0 saturated carbocycles. The van der Waals surface area contributed by atoms with Gasteiger partial charge in [-0.25, -0.2) is 4.79 Å². The molecule has 0 aromatic heterocycles. The first kappa shape index (κ1) is 14.6. The van der Waals surface area contributed by atoms with Crippen LogP contribution in [0.5, 0.6) is 11.5 Å². The molecule has 23 heavy (non-hydrogen) atoms. The molecule has 0 bridgehead atoms. The maximum absolute atomic E-state index is 12.6. The molecule has 116 valence electrons. The van der Waals surface area contributed by atoms with E-state index in [2.05, 4.69) is 4.74 Å². The van der Waals surface area contributed by atoms with Crippen LogP contribution in [-0.2, 0) is 4.74 Å². The SMILES string of the molecule is COc1ccccc1C(=O)c1cc2c(cc1O)C(OC(=O)O)=C2. The van der Waals surface area contributed by atoms with Crippen molar-refractivity contribution in [3.05, 3.63) is 58.7 Å². The van der Waals surface area contributed by atoms with Crippen LogP contribution in [0.4, 0.5) is 4.79 Å². The summed E-state index contributed by atoms with van der Waals surface area (Å²) >= 11 is 0. The van der Waals surface area contributed by atoms with E-state index in [-0.39, 0.29) is 22.9 Å². The summed E-state index contributed by atoms with van der Waals surface area (Å²) in [6.45, 7) is 0. The van der Waals surface area contributed by atoms with Crippen molar-refractivity contribution in [2.75, 3.05) is 7.11 Å². The minimum atomic E-state index is -1.43. The summed E-state index contributed by atoms with van der Waals surface area (Å²) < 4.78 is 9.71. The lowest BCUT2D eigenvalue weighted by molar-refractivity contribution is 0.103. The van der Waals surface area contributed by atoms with Crippen molar-refractivity contribution in [3.63, 3.8) is 0 Å². The first-order valence-corrected chi connectivity index (χ1v) is 6.69. The second-order valence-corrected chi connectivity index (χ2v) is 4.86. The Labute approximate surface area is 131 Å². The summed E-state index contributed by atoms with van der Waals surface area (Å²) in [6.07, 6.45) is 0.0533. The van der Waals surface area contributed by atoms with Gasteiger partial charge in [-0.2, -0.15) is 0 Å². The van der Waals surface area contributed by atoms with Crippen LogP contribution in [0, 0.1) is 0 Å². The lowest BCUT2D eigenvalue weighted by atomic mass is 9.90. The number of ketones is 1. The molecule has 0 heterocycles. The molecule has 0 fully saturated rings. The molecule has 2 aromatic rings. The largest absolute Gasteiger partial charge is 0.511 e. The third kappa shape index (κ3) is 2.50. The fraction of sp³-hybridized carbons (Fsp3) is 0.0588. The van der Waals surface area contributed by atoms with Gasteiger partial charge in [0.25, 0.3) is 0 Å². The lowest BCUT2D eigenvalue weighted by Gasteiger charge is -2.20. The quantitative estimate of drug-likeness (QED) is 0.665. The molecule has 3 rings (SSSR count). The Balaban J connectivity index is 1.97. The Morgan fingerprint density at radius 2 is 1.83 bits per heavy atom. The number of phenols is 1. The highest BCUT2D eigenvalue weighted by molar-refractivity contribution is 6.13. The van der Waals surface area contributed by atoms with Crippen molar-refractivity contribution >= 4 is 23.8 Å². The number of carboxylic acid groups (broad SMARTS) is 1. The van der Waals surface area contributed by atoms with Gasteiger partial charge in [0.05, 0.1) is 18.2 Å². The summed E-state index contributed by atoms with van der Waals surface area (Å²) in [6, 6.07) is 9.52. The van der Waals surface area contributed by atoms with Gasteiger partial charge < -0.3 is 19.7 Å². The van der Waals surface area contributed by atoms with Crippen molar-refractivity contribution in [1.82, 2.24) is 0 Å². The standard InChI is InChI=1S/C17H12O6/c1-22-14-5-3-2-4-10(14)16(19)12-6-9-7-15(23-17(20)21)11(9)8-13(12)18/h2-8,18H,1H3,(H,20,21). The van der Waals surface area contributed by atoms with E-state index in [1.54, 1.807) is 24.3 Å². The molecule has 0 aliphatic heterocycles. The number of aromatic hydroxyl groups is 1. The molecule has 6 nitrogen and oxygen atoms in total. The van der Waals surface area contributed by atoms with Crippen molar-refractivity contribution in [2.45, 2.75) is 0 Å². The predicted octanol–water partition coefficient (Wildman–Crippen LogP) is 3.14. The highest BCUT2D eigenvalue weighted by atomic mass is 16.7. The van der Waals surface area contributed by atoms with Crippen LogP contribution in [0.2, 0.25) is 0 Å². The highest BCUT2D eigenvalue weighted by Gasteiger charge is 2.26. The van der Waals surface area contributed by atoms with E-state index in [1.807, 2.05) is 0 Å². The molecule has 2 aromatic carbocycles. The maximum Gasteiger partial charge on any atom is 0.511 e. The van der Waals surface area contributed by atoms with Gasteiger partial charge >= 0.3 is 6.16 Å². The number of benzene rings is 2. The number of carbonyl (C=O) groups excluding carboxylic acids is 1. The number of hydrogen-bond acceptors (Lipinski definition) is 5. The summed E-state index contributed by atoms with van der Waals surface area (Å²) in [4.78, 5) is 23.1. The third-order valence-electron chi connectivity index (χ3n) is 3.51. The van der Waals surface area contributed by atoms with Gasteiger partial charge in [-0.1, -0.05) is 12.1 Å². The normalized spacial score (nSPS) is 11.8. The molecule has 6 heteroatoms. The fourth-order valence-corrected chi connectivity index (χ4v) is 2.42. The maximum atomic E-state index is 12.6. The first-order chi connectivity index (χ1) is 11.0. The van der Waals surface area contributed by atoms with Gasteiger partial charge in [-0.3, -0.25) is 4.79 Å². The fourth-order valence-electron chi connectivity index (χ4n) is 2.42. The molecule has 0 radical (unpaired) electrons. The monoisotopic (exact) mass is 312 g/mol. The molecule has 2 N–H and O–H groups in total. The van der Waals surface area contributed by atoms with Crippen LogP contribution in [0.1, 0.15) is 27.0 Å². The number of para-hydroxylation sites is 1. The first-order valence-electron chi connectivity index (χ1n) is 6.69. The van der Waals surface area contributed by atoms with E-state index in [1.165, 1.54) is 25.3 Å². The van der Waals surface area contributed by atoms with E-state index in [9.17, 15) is 14.7 Å². The van der Waals surface area contributed by atoms with Crippen LogP contribution >= 0.6 is 0 Å². The average Bonchev–Trinajstić information content (AvgIpc) is 2.53. The van der Waals surface area contributed by atoms with Gasteiger partial charge in [0.15, 0.2) is 5.78 Å². The second kappa shape index (κ2) is 5.49. The Bertz CT molecular complexity index is 850. The number of phenolic OH excluding ortho intramolecular Hbond substituents is 1. The summed E-state index contributed by atoms with van der Waals surface area (Å²) in [5, 5.41) is 18.7. The number of methoxy groups -OCH3 is 1. The molecule has 1 aliphatic carbocycles. The molecule has 0 spiro atoms. The molecule has 0 amide bonds. The van der Waals surface area contributed by atoms with Crippen LogP contribution in [0.15, 0.2) is 36.4 Å². The summed E-state index contributed by atoms with van der Waals surface area (Å²) in [7, 11) is 1.46. The number of hydrogen-bond donors (Lipinski definition) is 2. The Kier molecular flexibility index (Phi) is 3.50. The number of ether oxygens (including phenoxy) is 2. The zero-order valence-corrected chi connectivity index (χ0v) is 12.1. The second-order valence-electron chi connectivity index (χ2n) is 4.86. The van der Waals surface area contributed by atoms with Gasteiger partial charge in [0, 0.05) is 5.56 Å². The van der Waals surface area contributed by atoms with E-state index in [4.69, 9.17) is 9.84 Å². The van der Waals surface area contributed by atoms with E-state index < -0.39 is 6.16 Å². The minimum Gasteiger partial charge on any atom is -0.507 e. The number of fused-ring (bicyclic) bond motifs is 1. The van der Waals surface area contributed by atoms with Gasteiger partial charge in [-0.15, -0.1) is 0 Å². The summed E-state index contributed by atoms with van der Waals surface area (Å²) in [5.74, 6) is -0.0906. The molecular formula is C17H12O6. The number of rotatable bonds is 4. The molecule has 0 saturated heterocycles. The Morgan fingerprint density at radius 1 is 1.09 bits per heavy atom. The van der Waals surface area contributed by atoms with E-state index >= 15 is 0 Å². The Hall–Kier alpha value is -3.28. The average molecular weight is 312 g/mol. The van der Waals surface area contributed by atoms with E-state index in [0.717, 1.165) is 0 Å². The minimum absolute atomic E-state index is 0.110. The van der Waals surface area contributed by atoms with E-state index in [0.29, 0.717) is 22.4 Å². The molecule has 0 atom stereocenters. The van der Waals surface area contributed by atoms with Crippen LogP contribution in [-0.4, -0.2) is 29.3 Å².